The van der Waals surface area contributed by atoms with Gasteiger partial charge in [0.25, 0.3) is 5.56 Å². The van der Waals surface area contributed by atoms with E-state index in [0.29, 0.717) is 28.9 Å². The van der Waals surface area contributed by atoms with Crippen molar-refractivity contribution in [3.05, 3.63) is 57.9 Å². The topological polar surface area (TPSA) is 119 Å². The molecule has 0 saturated carbocycles. The van der Waals surface area contributed by atoms with E-state index < -0.39 is 10.8 Å². The Labute approximate surface area is 247 Å². The first-order chi connectivity index (χ1) is 20.4. The standard InChI is InChI=1S/C30H38N8O3S/c1-21-6-9-26(22(2)18-21)42(41)30-28-32-29(40)24-8-7-23(19-25(24)38(28)34-33-30)37-16-14-36(15-17-37)20-27(39)31-10-13-35-11-4-3-5-12-35/h6-9,18-19,34H,3-5,10-17,20H2,1-2H3,(H,31,39). The fraction of sp³-hybridized carbons (Fsp3) is 0.467. The lowest BCUT2D eigenvalue weighted by Gasteiger charge is -2.35. The maximum absolute atomic E-state index is 13.5. The Morgan fingerprint density at radius 3 is 2.52 bits per heavy atom. The van der Waals surface area contributed by atoms with Gasteiger partial charge >= 0.3 is 0 Å². The molecule has 2 aliphatic heterocycles. The van der Waals surface area contributed by atoms with Crippen molar-refractivity contribution in [2.45, 2.75) is 43.0 Å². The number of piperazine rings is 1. The molecule has 2 aromatic carbocycles. The zero-order valence-electron chi connectivity index (χ0n) is 24.3. The molecular weight excluding hydrogens is 552 g/mol. The SMILES string of the molecule is Cc1ccc(S(=O)c2n[nH]n3c2nc(=O)c2ccc(N4CCN(CC(=O)NCCN5CCCCC5)CC4)cc23)c(C)c1. The second kappa shape index (κ2) is 12.3. The van der Waals surface area contributed by atoms with Gasteiger partial charge in [-0.05, 0) is 69.6 Å². The molecule has 222 valence electrons. The van der Waals surface area contributed by atoms with Gasteiger partial charge in [-0.2, -0.15) is 4.98 Å². The number of likely N-dealkylation sites (tertiary alicyclic amines) is 1. The molecule has 42 heavy (non-hydrogen) atoms. The first-order valence-corrected chi connectivity index (χ1v) is 15.9. The third-order valence-corrected chi connectivity index (χ3v) is 9.81. The smallest absolute Gasteiger partial charge is 0.281 e. The number of fused-ring (bicyclic) bond motifs is 3. The molecule has 11 nitrogen and oxygen atoms in total. The molecule has 2 aromatic heterocycles. The maximum Gasteiger partial charge on any atom is 0.281 e. The van der Waals surface area contributed by atoms with E-state index in [1.165, 1.54) is 19.3 Å². The largest absolute Gasteiger partial charge is 0.369 e. The van der Waals surface area contributed by atoms with Crippen LogP contribution in [0.3, 0.4) is 0 Å². The molecule has 2 N–H and O–H groups in total. The van der Waals surface area contributed by atoms with Crippen molar-refractivity contribution in [2.24, 2.45) is 0 Å². The number of aromatic amines is 1. The predicted octanol–water partition coefficient (Wildman–Crippen LogP) is 2.08. The lowest BCUT2D eigenvalue weighted by Crippen LogP contribution is -2.50. The van der Waals surface area contributed by atoms with Crippen LogP contribution >= 0.6 is 0 Å². The number of nitrogens with zero attached hydrogens (tertiary/aromatic N) is 6. The number of rotatable bonds is 8. The van der Waals surface area contributed by atoms with Gasteiger partial charge in [0.05, 0.1) is 17.4 Å². The Balaban J connectivity index is 1.13. The summed E-state index contributed by atoms with van der Waals surface area (Å²) >= 11 is 0. The van der Waals surface area contributed by atoms with Crippen molar-refractivity contribution in [3.8, 4) is 0 Å². The molecule has 2 aliphatic rings. The third kappa shape index (κ3) is 5.97. The fourth-order valence-electron chi connectivity index (χ4n) is 5.99. The van der Waals surface area contributed by atoms with Crippen molar-refractivity contribution in [1.82, 2.24) is 34.9 Å². The van der Waals surface area contributed by atoms with Gasteiger partial charge in [-0.25, -0.2) is 13.9 Å². The number of nitrogens with one attached hydrogen (secondary N) is 2. The summed E-state index contributed by atoms with van der Waals surface area (Å²) in [5, 5.41) is 11.0. The van der Waals surface area contributed by atoms with E-state index in [4.69, 9.17) is 0 Å². The van der Waals surface area contributed by atoms with E-state index in [-0.39, 0.29) is 22.1 Å². The summed E-state index contributed by atoms with van der Waals surface area (Å²) < 4.78 is 15.1. The van der Waals surface area contributed by atoms with Crippen molar-refractivity contribution in [1.29, 1.82) is 0 Å². The van der Waals surface area contributed by atoms with Crippen LogP contribution in [0, 0.1) is 13.8 Å². The van der Waals surface area contributed by atoms with Crippen LogP contribution in [-0.4, -0.2) is 98.6 Å². The van der Waals surface area contributed by atoms with Crippen LogP contribution in [-0.2, 0) is 15.6 Å². The summed E-state index contributed by atoms with van der Waals surface area (Å²) in [5.74, 6) is 0.0775. The highest BCUT2D eigenvalue weighted by Crippen LogP contribution is 2.25. The fourth-order valence-corrected chi connectivity index (χ4v) is 7.17. The molecule has 0 spiro atoms. The van der Waals surface area contributed by atoms with Crippen molar-refractivity contribution >= 4 is 38.9 Å². The van der Waals surface area contributed by atoms with Crippen molar-refractivity contribution in [3.63, 3.8) is 0 Å². The molecular formula is C30H38N8O3S. The van der Waals surface area contributed by atoms with Crippen LogP contribution in [0.4, 0.5) is 5.69 Å². The summed E-state index contributed by atoms with van der Waals surface area (Å²) in [6.07, 6.45) is 3.83. The van der Waals surface area contributed by atoms with Crippen LogP contribution in [0.25, 0.3) is 16.6 Å². The van der Waals surface area contributed by atoms with Crippen LogP contribution in [0.1, 0.15) is 30.4 Å². The van der Waals surface area contributed by atoms with Gasteiger partial charge < -0.3 is 15.1 Å². The van der Waals surface area contributed by atoms with E-state index in [1.54, 1.807) is 10.6 Å². The highest BCUT2D eigenvalue weighted by Gasteiger charge is 2.23. The maximum atomic E-state index is 13.5. The molecule has 2 fully saturated rings. The molecule has 0 aliphatic carbocycles. The molecule has 4 heterocycles. The van der Waals surface area contributed by atoms with E-state index in [0.717, 1.165) is 62.6 Å². The van der Waals surface area contributed by atoms with Crippen molar-refractivity contribution < 1.29 is 9.00 Å². The second-order valence-corrected chi connectivity index (χ2v) is 12.7. The van der Waals surface area contributed by atoms with Crippen LogP contribution in [0.2, 0.25) is 0 Å². The summed E-state index contributed by atoms with van der Waals surface area (Å²) in [7, 11) is -1.60. The highest BCUT2D eigenvalue weighted by molar-refractivity contribution is 7.85. The Morgan fingerprint density at radius 1 is 0.976 bits per heavy atom. The van der Waals surface area contributed by atoms with E-state index >= 15 is 0 Å². The minimum atomic E-state index is -1.60. The minimum Gasteiger partial charge on any atom is -0.369 e. The van der Waals surface area contributed by atoms with Gasteiger partial charge in [0, 0.05) is 49.9 Å². The zero-order valence-corrected chi connectivity index (χ0v) is 25.1. The average Bonchev–Trinajstić information content (AvgIpc) is 3.41. The normalized spacial score (nSPS) is 17.6. The summed E-state index contributed by atoms with van der Waals surface area (Å²) in [6, 6.07) is 11.4. The number of hydrogen-bond donors (Lipinski definition) is 2. The van der Waals surface area contributed by atoms with Gasteiger partial charge in [-0.15, -0.1) is 5.10 Å². The Kier molecular flexibility index (Phi) is 8.36. The summed E-state index contributed by atoms with van der Waals surface area (Å²) in [4.78, 5) is 37.3. The van der Waals surface area contributed by atoms with Gasteiger partial charge in [0.15, 0.2) is 10.7 Å². The second-order valence-electron chi connectivity index (χ2n) is 11.3. The number of carbonyl (C=O) groups is 1. The number of aromatic nitrogens is 4. The van der Waals surface area contributed by atoms with Gasteiger partial charge in [-0.3, -0.25) is 14.5 Å². The lowest BCUT2D eigenvalue weighted by molar-refractivity contribution is -0.122. The Bertz CT molecular complexity index is 1690. The van der Waals surface area contributed by atoms with Crippen LogP contribution < -0.4 is 15.8 Å². The number of benzene rings is 2. The monoisotopic (exact) mass is 590 g/mol. The number of anilines is 1. The van der Waals surface area contributed by atoms with Crippen molar-refractivity contribution in [2.75, 3.05) is 63.8 Å². The molecule has 4 aromatic rings. The number of amides is 1. The molecule has 6 rings (SSSR count). The average molecular weight is 591 g/mol. The minimum absolute atomic E-state index is 0.0775. The molecule has 1 atom stereocenters. The van der Waals surface area contributed by atoms with Gasteiger partial charge in [-0.1, -0.05) is 24.1 Å². The number of piperidine rings is 1. The Hall–Kier alpha value is -3.61. The predicted molar refractivity (Wildman–Crippen MR) is 164 cm³/mol. The van der Waals surface area contributed by atoms with Gasteiger partial charge in [0.1, 0.15) is 10.8 Å². The Morgan fingerprint density at radius 2 is 1.76 bits per heavy atom. The van der Waals surface area contributed by atoms with Gasteiger partial charge in [0.2, 0.25) is 5.91 Å². The molecule has 12 heteroatoms. The molecule has 1 unspecified atom stereocenters. The summed E-state index contributed by atoms with van der Waals surface area (Å²) in [5.41, 5.74) is 3.47. The summed E-state index contributed by atoms with van der Waals surface area (Å²) in [6.45, 7) is 11.3. The van der Waals surface area contributed by atoms with E-state index in [2.05, 4.69) is 35.3 Å². The molecule has 1 amide bonds. The number of hydrogen-bond acceptors (Lipinski definition) is 8. The first-order valence-electron chi connectivity index (χ1n) is 14.7. The quantitative estimate of drug-likeness (QED) is 0.320. The molecule has 2 saturated heterocycles. The lowest BCUT2D eigenvalue weighted by atomic mass is 10.1. The number of H-pyrrole nitrogens is 1. The number of aryl methyl sites for hydroxylation is 2. The van der Waals surface area contributed by atoms with Crippen LogP contribution in [0.15, 0.2) is 51.1 Å². The molecule has 0 radical (unpaired) electrons. The van der Waals surface area contributed by atoms with E-state index in [9.17, 15) is 13.8 Å². The third-order valence-electron chi connectivity index (χ3n) is 8.32. The van der Waals surface area contributed by atoms with Crippen LogP contribution in [0.5, 0.6) is 0 Å². The zero-order chi connectivity index (χ0) is 29.2. The highest BCUT2D eigenvalue weighted by atomic mass is 32.2. The number of carbonyl (C=O) groups excluding carboxylic acids is 1. The molecule has 0 bridgehead atoms. The van der Waals surface area contributed by atoms with E-state index in [1.807, 2.05) is 44.2 Å². The first kappa shape index (κ1) is 28.5.